The van der Waals surface area contributed by atoms with Crippen molar-refractivity contribution in [3.8, 4) is 0 Å². The van der Waals surface area contributed by atoms with Gasteiger partial charge in [0.2, 0.25) is 0 Å². The summed E-state index contributed by atoms with van der Waals surface area (Å²) in [5.41, 5.74) is 0.290. The number of hydrogen-bond donors (Lipinski definition) is 2. The highest BCUT2D eigenvalue weighted by Crippen LogP contribution is 2.35. The van der Waals surface area contributed by atoms with Gasteiger partial charge in [0, 0.05) is 6.54 Å². The van der Waals surface area contributed by atoms with Crippen molar-refractivity contribution < 1.29 is 31.9 Å². The number of alkyl halides is 5. The van der Waals surface area contributed by atoms with Crippen molar-refractivity contribution in [3.05, 3.63) is 35.9 Å². The molecule has 0 bridgehead atoms. The van der Waals surface area contributed by atoms with E-state index in [2.05, 4.69) is 0 Å². The van der Waals surface area contributed by atoms with Gasteiger partial charge in [0.1, 0.15) is 0 Å². The Morgan fingerprint density at radius 3 is 2.16 bits per heavy atom. The predicted molar refractivity (Wildman–Crippen MR) is 55.4 cm³/mol. The lowest BCUT2D eigenvalue weighted by Gasteiger charge is -2.20. The minimum atomic E-state index is -5.96. The maximum absolute atomic E-state index is 12.6. The summed E-state index contributed by atoms with van der Waals surface area (Å²) >= 11 is 0. The second-order valence-corrected chi connectivity index (χ2v) is 3.71. The minimum Gasteiger partial charge on any atom is -0.387 e. The molecule has 0 radical (unpaired) electrons. The van der Waals surface area contributed by atoms with Crippen LogP contribution in [0.4, 0.5) is 22.0 Å². The van der Waals surface area contributed by atoms with E-state index >= 15 is 0 Å². The van der Waals surface area contributed by atoms with Crippen molar-refractivity contribution >= 4 is 5.91 Å². The molecule has 0 aliphatic rings. The Bertz CT molecular complexity index is 432. The van der Waals surface area contributed by atoms with Gasteiger partial charge in [-0.3, -0.25) is 4.79 Å². The first-order valence-corrected chi connectivity index (χ1v) is 5.12. The van der Waals surface area contributed by atoms with Crippen molar-refractivity contribution in [2.45, 2.75) is 18.2 Å². The summed E-state index contributed by atoms with van der Waals surface area (Å²) in [4.78, 5) is 10.8. The summed E-state index contributed by atoms with van der Waals surface area (Å²) in [5.74, 6) is -7.97. The molecule has 106 valence electrons. The van der Waals surface area contributed by atoms with E-state index in [0.717, 1.165) is 0 Å². The molecule has 1 amide bonds. The van der Waals surface area contributed by atoms with Crippen LogP contribution in [0.2, 0.25) is 0 Å². The molecule has 1 atom stereocenters. The number of rotatable bonds is 4. The molecule has 0 saturated carbocycles. The molecule has 19 heavy (non-hydrogen) atoms. The lowest BCUT2D eigenvalue weighted by atomic mass is 10.1. The van der Waals surface area contributed by atoms with Gasteiger partial charge >= 0.3 is 12.1 Å². The van der Waals surface area contributed by atoms with E-state index in [9.17, 15) is 31.9 Å². The van der Waals surface area contributed by atoms with Gasteiger partial charge in [-0.1, -0.05) is 30.3 Å². The van der Waals surface area contributed by atoms with Crippen molar-refractivity contribution in [2.24, 2.45) is 0 Å². The van der Waals surface area contributed by atoms with Gasteiger partial charge in [-0.2, -0.15) is 22.0 Å². The molecule has 1 aromatic carbocycles. The van der Waals surface area contributed by atoms with Crippen molar-refractivity contribution in [1.29, 1.82) is 0 Å². The lowest BCUT2D eigenvalue weighted by molar-refractivity contribution is -0.269. The van der Waals surface area contributed by atoms with Crippen molar-refractivity contribution in [1.82, 2.24) is 5.32 Å². The summed E-state index contributed by atoms with van der Waals surface area (Å²) in [5, 5.41) is 10.9. The number of amides is 1. The van der Waals surface area contributed by atoms with E-state index in [4.69, 9.17) is 0 Å². The fourth-order valence-corrected chi connectivity index (χ4v) is 1.22. The standard InChI is InChI=1S/C11H10F5NO2/c12-10(13,11(14,15)16)9(19)17-6-8(18)7-4-2-1-3-5-7/h1-5,8,18H,6H2,(H,17,19). The fourth-order valence-electron chi connectivity index (χ4n) is 1.22. The smallest absolute Gasteiger partial charge is 0.387 e. The highest BCUT2D eigenvalue weighted by molar-refractivity contribution is 5.84. The van der Waals surface area contributed by atoms with Crippen molar-refractivity contribution in [3.63, 3.8) is 0 Å². The highest BCUT2D eigenvalue weighted by atomic mass is 19.4. The molecule has 0 aliphatic heterocycles. The first kappa shape index (κ1) is 15.4. The number of aliphatic hydroxyl groups excluding tert-OH is 1. The van der Waals surface area contributed by atoms with Gasteiger partial charge in [0.05, 0.1) is 6.10 Å². The number of carbonyl (C=O) groups is 1. The van der Waals surface area contributed by atoms with Crippen LogP contribution in [0.3, 0.4) is 0 Å². The molecule has 0 saturated heterocycles. The summed E-state index contributed by atoms with van der Waals surface area (Å²) < 4.78 is 60.7. The number of nitrogens with one attached hydrogen (secondary N) is 1. The zero-order valence-electron chi connectivity index (χ0n) is 9.42. The number of aliphatic hydroxyl groups is 1. The largest absolute Gasteiger partial charge is 0.463 e. The molecular weight excluding hydrogens is 273 g/mol. The second kappa shape index (κ2) is 5.52. The predicted octanol–water partition coefficient (Wildman–Crippen LogP) is 2.03. The van der Waals surface area contributed by atoms with Crippen LogP contribution in [0.1, 0.15) is 11.7 Å². The van der Waals surface area contributed by atoms with Crippen molar-refractivity contribution in [2.75, 3.05) is 6.54 Å². The molecule has 0 fully saturated rings. The molecule has 1 unspecified atom stereocenters. The monoisotopic (exact) mass is 283 g/mol. The second-order valence-electron chi connectivity index (χ2n) is 3.71. The third kappa shape index (κ3) is 3.63. The Hall–Kier alpha value is -1.70. The van der Waals surface area contributed by atoms with Gasteiger partial charge in [-0.05, 0) is 5.56 Å². The first-order valence-electron chi connectivity index (χ1n) is 5.12. The SMILES string of the molecule is O=C(NCC(O)c1ccccc1)C(F)(F)C(F)(F)F. The lowest BCUT2D eigenvalue weighted by Crippen LogP contribution is -2.51. The van der Waals surface area contributed by atoms with E-state index in [0.29, 0.717) is 0 Å². The summed E-state index contributed by atoms with van der Waals surface area (Å²) in [6.07, 6.45) is -7.33. The van der Waals surface area contributed by atoms with Crippen LogP contribution in [0.5, 0.6) is 0 Å². The molecule has 0 aliphatic carbocycles. The van der Waals surface area contributed by atoms with Crippen LogP contribution in [0.15, 0.2) is 30.3 Å². The Morgan fingerprint density at radius 2 is 1.68 bits per heavy atom. The van der Waals surface area contributed by atoms with Gasteiger partial charge in [-0.25, -0.2) is 0 Å². The molecule has 0 heterocycles. The normalized spacial score (nSPS) is 14.0. The van der Waals surface area contributed by atoms with Gasteiger partial charge < -0.3 is 10.4 Å². The van der Waals surface area contributed by atoms with Crippen LogP contribution in [-0.2, 0) is 4.79 Å². The first-order chi connectivity index (χ1) is 8.66. The summed E-state index contributed by atoms with van der Waals surface area (Å²) in [6, 6.07) is 7.61. The van der Waals surface area contributed by atoms with E-state index in [1.165, 1.54) is 17.4 Å². The Kier molecular flexibility index (Phi) is 4.46. The topological polar surface area (TPSA) is 49.3 Å². The Labute approximate surface area is 105 Å². The maximum atomic E-state index is 12.6. The van der Waals surface area contributed by atoms with E-state index in [-0.39, 0.29) is 5.56 Å². The average Bonchev–Trinajstić information content (AvgIpc) is 2.35. The molecule has 0 aromatic heterocycles. The van der Waals surface area contributed by atoms with Gasteiger partial charge in [-0.15, -0.1) is 0 Å². The van der Waals surface area contributed by atoms with Gasteiger partial charge in [0.15, 0.2) is 0 Å². The quantitative estimate of drug-likeness (QED) is 0.831. The van der Waals surface area contributed by atoms with E-state index in [1.807, 2.05) is 0 Å². The van der Waals surface area contributed by atoms with Crippen LogP contribution in [0.25, 0.3) is 0 Å². The number of halogens is 5. The molecular formula is C11H10F5NO2. The molecule has 0 spiro atoms. The third-order valence-corrected chi connectivity index (χ3v) is 2.28. The number of benzene rings is 1. The third-order valence-electron chi connectivity index (χ3n) is 2.28. The van der Waals surface area contributed by atoms with Crippen LogP contribution in [-0.4, -0.2) is 29.7 Å². The summed E-state index contributed by atoms with van der Waals surface area (Å²) in [7, 11) is 0. The average molecular weight is 283 g/mol. The number of carbonyl (C=O) groups excluding carboxylic acids is 1. The van der Waals surface area contributed by atoms with Crippen LogP contribution in [0, 0.1) is 0 Å². The molecule has 1 aromatic rings. The molecule has 3 nitrogen and oxygen atoms in total. The molecule has 8 heteroatoms. The Balaban J connectivity index is 2.61. The zero-order valence-corrected chi connectivity index (χ0v) is 9.42. The summed E-state index contributed by atoms with van der Waals surface area (Å²) in [6.45, 7) is -0.742. The zero-order chi connectivity index (χ0) is 14.7. The Morgan fingerprint density at radius 1 is 1.16 bits per heavy atom. The fraction of sp³-hybridized carbons (Fsp3) is 0.364. The minimum absolute atomic E-state index is 0.290. The van der Waals surface area contributed by atoms with Crippen LogP contribution < -0.4 is 5.32 Å². The van der Waals surface area contributed by atoms with E-state index < -0.39 is 30.7 Å². The van der Waals surface area contributed by atoms with Gasteiger partial charge in [0.25, 0.3) is 5.91 Å². The molecule has 1 rings (SSSR count). The number of hydrogen-bond acceptors (Lipinski definition) is 2. The van der Waals surface area contributed by atoms with Crippen LogP contribution >= 0.6 is 0 Å². The maximum Gasteiger partial charge on any atom is 0.463 e. The highest BCUT2D eigenvalue weighted by Gasteiger charge is 2.63. The molecule has 2 N–H and O–H groups in total. The van der Waals surface area contributed by atoms with E-state index in [1.54, 1.807) is 18.2 Å².